The lowest BCUT2D eigenvalue weighted by atomic mass is 10.2. The van der Waals surface area contributed by atoms with Gasteiger partial charge in [-0.2, -0.15) is 0 Å². The Hall–Kier alpha value is -1.30. The molecule has 2 aliphatic rings. The van der Waals surface area contributed by atoms with Crippen LogP contribution in [0.15, 0.2) is 24.3 Å². The molecular formula is C16H25N3O2. The van der Waals surface area contributed by atoms with E-state index in [1.807, 2.05) is 6.07 Å². The van der Waals surface area contributed by atoms with Gasteiger partial charge in [-0.1, -0.05) is 12.1 Å². The van der Waals surface area contributed by atoms with E-state index in [1.54, 1.807) is 0 Å². The lowest BCUT2D eigenvalue weighted by molar-refractivity contribution is 0.122. The van der Waals surface area contributed by atoms with Crippen LogP contribution in [0.5, 0.6) is 5.75 Å². The van der Waals surface area contributed by atoms with Crippen molar-refractivity contribution in [1.29, 1.82) is 0 Å². The number of anilines is 1. The zero-order valence-corrected chi connectivity index (χ0v) is 12.6. The highest BCUT2D eigenvalue weighted by molar-refractivity contribution is 5.58. The summed E-state index contributed by atoms with van der Waals surface area (Å²) in [7, 11) is 0. The van der Waals surface area contributed by atoms with Crippen LogP contribution in [-0.4, -0.2) is 70.5 Å². The molecule has 2 fully saturated rings. The molecule has 116 valence electrons. The number of para-hydroxylation sites is 2. The molecule has 0 aromatic heterocycles. The summed E-state index contributed by atoms with van der Waals surface area (Å²) in [5.41, 5.74) is 1.20. The van der Waals surface area contributed by atoms with E-state index < -0.39 is 0 Å². The molecule has 2 aliphatic heterocycles. The van der Waals surface area contributed by atoms with Crippen LogP contribution in [0, 0.1) is 0 Å². The Morgan fingerprint density at radius 1 is 1.05 bits per heavy atom. The van der Waals surface area contributed by atoms with Gasteiger partial charge in [0.05, 0.1) is 18.9 Å². The molecule has 2 saturated heterocycles. The molecule has 3 rings (SSSR count). The van der Waals surface area contributed by atoms with Gasteiger partial charge in [-0.3, -0.25) is 4.90 Å². The van der Waals surface area contributed by atoms with Gasteiger partial charge in [0, 0.05) is 45.8 Å². The molecule has 0 saturated carbocycles. The first-order valence-corrected chi connectivity index (χ1v) is 7.91. The zero-order chi connectivity index (χ0) is 14.3. The molecule has 0 atom stereocenters. The zero-order valence-electron chi connectivity index (χ0n) is 12.6. The average Bonchev–Trinajstić information content (AvgIpc) is 2.57. The van der Waals surface area contributed by atoms with Gasteiger partial charge >= 0.3 is 0 Å². The van der Waals surface area contributed by atoms with Crippen molar-refractivity contribution in [1.82, 2.24) is 10.2 Å². The van der Waals surface area contributed by atoms with E-state index in [4.69, 9.17) is 9.47 Å². The molecule has 2 heterocycles. The number of hydrogen-bond acceptors (Lipinski definition) is 5. The van der Waals surface area contributed by atoms with Gasteiger partial charge < -0.3 is 19.7 Å². The summed E-state index contributed by atoms with van der Waals surface area (Å²) in [6, 6.07) is 8.34. The van der Waals surface area contributed by atoms with E-state index in [2.05, 4.69) is 33.3 Å². The Balaban J connectivity index is 1.54. The molecule has 1 N–H and O–H groups in total. The van der Waals surface area contributed by atoms with Crippen molar-refractivity contribution in [2.75, 3.05) is 70.5 Å². The monoisotopic (exact) mass is 291 g/mol. The largest absolute Gasteiger partial charge is 0.490 e. The number of ether oxygens (including phenoxy) is 2. The minimum Gasteiger partial charge on any atom is -0.490 e. The maximum atomic E-state index is 6.05. The smallest absolute Gasteiger partial charge is 0.142 e. The molecule has 0 unspecified atom stereocenters. The van der Waals surface area contributed by atoms with Crippen LogP contribution in [-0.2, 0) is 4.74 Å². The maximum Gasteiger partial charge on any atom is 0.142 e. The summed E-state index contributed by atoms with van der Waals surface area (Å²) in [4.78, 5) is 4.80. The Kier molecular flexibility index (Phi) is 5.32. The van der Waals surface area contributed by atoms with Crippen LogP contribution in [0.3, 0.4) is 0 Å². The Morgan fingerprint density at radius 2 is 1.81 bits per heavy atom. The topological polar surface area (TPSA) is 37.0 Å². The Labute approximate surface area is 126 Å². The quantitative estimate of drug-likeness (QED) is 0.869. The first-order chi connectivity index (χ1) is 10.4. The molecule has 5 nitrogen and oxygen atoms in total. The fourth-order valence-electron chi connectivity index (χ4n) is 2.86. The molecule has 0 spiro atoms. The van der Waals surface area contributed by atoms with Gasteiger partial charge in [0.1, 0.15) is 12.4 Å². The van der Waals surface area contributed by atoms with E-state index in [9.17, 15) is 0 Å². The van der Waals surface area contributed by atoms with Gasteiger partial charge in [-0.15, -0.1) is 0 Å². The van der Waals surface area contributed by atoms with Crippen LogP contribution in [0.2, 0.25) is 0 Å². The fourth-order valence-corrected chi connectivity index (χ4v) is 2.86. The molecule has 1 aromatic carbocycles. The van der Waals surface area contributed by atoms with Gasteiger partial charge in [0.25, 0.3) is 0 Å². The van der Waals surface area contributed by atoms with Crippen LogP contribution >= 0.6 is 0 Å². The van der Waals surface area contributed by atoms with Gasteiger partial charge in [0.15, 0.2) is 0 Å². The molecule has 0 radical (unpaired) electrons. The molecule has 0 amide bonds. The van der Waals surface area contributed by atoms with Crippen molar-refractivity contribution in [3.05, 3.63) is 24.3 Å². The highest BCUT2D eigenvalue weighted by atomic mass is 16.5. The van der Waals surface area contributed by atoms with Gasteiger partial charge in [-0.05, 0) is 12.1 Å². The molecule has 21 heavy (non-hydrogen) atoms. The molecular weight excluding hydrogens is 266 g/mol. The van der Waals surface area contributed by atoms with Gasteiger partial charge in [0.2, 0.25) is 0 Å². The van der Waals surface area contributed by atoms with Crippen molar-refractivity contribution >= 4 is 5.69 Å². The van der Waals surface area contributed by atoms with E-state index in [1.165, 1.54) is 5.69 Å². The summed E-state index contributed by atoms with van der Waals surface area (Å²) in [6.45, 7) is 9.65. The van der Waals surface area contributed by atoms with Crippen LogP contribution < -0.4 is 15.0 Å². The SMILES string of the molecule is c1ccc(N2CCOCC2)c(OCCN2CCNCC2)c1. The van der Waals surface area contributed by atoms with E-state index in [0.29, 0.717) is 0 Å². The number of rotatable bonds is 5. The standard InChI is InChI=1S/C16H25N3O2/c1-2-4-16(15(3-1)19-10-12-20-13-11-19)21-14-9-18-7-5-17-6-8-18/h1-4,17H,5-14H2. The van der Waals surface area contributed by atoms with Gasteiger partial charge in [-0.25, -0.2) is 0 Å². The second-order valence-corrected chi connectivity index (χ2v) is 5.51. The second-order valence-electron chi connectivity index (χ2n) is 5.51. The second kappa shape index (κ2) is 7.64. The Morgan fingerprint density at radius 3 is 2.62 bits per heavy atom. The normalized spacial score (nSPS) is 20.5. The first kappa shape index (κ1) is 14.6. The van der Waals surface area contributed by atoms with Crippen LogP contribution in [0.1, 0.15) is 0 Å². The summed E-state index contributed by atoms with van der Waals surface area (Å²) >= 11 is 0. The van der Waals surface area contributed by atoms with E-state index >= 15 is 0 Å². The molecule has 1 aromatic rings. The number of morpholine rings is 1. The minimum absolute atomic E-state index is 0.751. The van der Waals surface area contributed by atoms with Crippen molar-refractivity contribution in [2.24, 2.45) is 0 Å². The van der Waals surface area contributed by atoms with Crippen molar-refractivity contribution in [3.63, 3.8) is 0 Å². The number of hydrogen-bond donors (Lipinski definition) is 1. The first-order valence-electron chi connectivity index (χ1n) is 7.91. The average molecular weight is 291 g/mol. The molecule has 5 heteroatoms. The van der Waals surface area contributed by atoms with Crippen molar-refractivity contribution < 1.29 is 9.47 Å². The number of nitrogens with zero attached hydrogens (tertiary/aromatic N) is 2. The number of nitrogens with one attached hydrogen (secondary N) is 1. The number of benzene rings is 1. The minimum atomic E-state index is 0.751. The fraction of sp³-hybridized carbons (Fsp3) is 0.625. The third kappa shape index (κ3) is 4.09. The van der Waals surface area contributed by atoms with Crippen molar-refractivity contribution in [3.8, 4) is 5.75 Å². The summed E-state index contributed by atoms with van der Waals surface area (Å²) < 4.78 is 11.5. The highest BCUT2D eigenvalue weighted by Gasteiger charge is 2.15. The van der Waals surface area contributed by atoms with Crippen molar-refractivity contribution in [2.45, 2.75) is 0 Å². The highest BCUT2D eigenvalue weighted by Crippen LogP contribution is 2.28. The maximum absolute atomic E-state index is 6.05. The molecule has 0 aliphatic carbocycles. The molecule has 0 bridgehead atoms. The third-order valence-corrected chi connectivity index (χ3v) is 4.09. The van der Waals surface area contributed by atoms with Crippen LogP contribution in [0.25, 0.3) is 0 Å². The summed E-state index contributed by atoms with van der Waals surface area (Å²) in [6.07, 6.45) is 0. The van der Waals surface area contributed by atoms with E-state index in [0.717, 1.165) is 71.4 Å². The predicted molar refractivity (Wildman–Crippen MR) is 84.3 cm³/mol. The Bertz CT molecular complexity index is 429. The lowest BCUT2D eigenvalue weighted by Gasteiger charge is -2.31. The van der Waals surface area contributed by atoms with Crippen LogP contribution in [0.4, 0.5) is 5.69 Å². The lowest BCUT2D eigenvalue weighted by Crippen LogP contribution is -2.44. The van der Waals surface area contributed by atoms with E-state index in [-0.39, 0.29) is 0 Å². The summed E-state index contributed by atoms with van der Waals surface area (Å²) in [5.74, 6) is 0.995. The number of piperazine rings is 1. The third-order valence-electron chi connectivity index (χ3n) is 4.09. The predicted octanol–water partition coefficient (Wildman–Crippen LogP) is 0.807. The summed E-state index contributed by atoms with van der Waals surface area (Å²) in [5, 5.41) is 3.37.